The number of hydrogen-bond donors (Lipinski definition) is 0. The molecule has 0 radical (unpaired) electrons. The number of rotatable bonds is 1. The van der Waals surface area contributed by atoms with Gasteiger partial charge in [-0.3, -0.25) is 0 Å². The van der Waals surface area contributed by atoms with Gasteiger partial charge in [0.15, 0.2) is 0 Å². The van der Waals surface area contributed by atoms with Gasteiger partial charge in [-0.15, -0.1) is 0 Å². The van der Waals surface area contributed by atoms with Crippen LogP contribution in [0.25, 0.3) is 0 Å². The Bertz CT molecular complexity index is 79.4. The van der Waals surface area contributed by atoms with Gasteiger partial charge in [0, 0.05) is 4.21 Å². The standard InChI is InChI=1S/C4H7O3S/c5-8-4-3-6-1-2-7-4/h4H,1-3H2/q+1. The molecule has 0 bridgehead atoms. The van der Waals surface area contributed by atoms with E-state index in [0.717, 1.165) is 0 Å². The minimum atomic E-state index is -0.274. The summed E-state index contributed by atoms with van der Waals surface area (Å²) in [4.78, 5) is 0. The summed E-state index contributed by atoms with van der Waals surface area (Å²) in [7, 11) is 0. The van der Waals surface area contributed by atoms with Crippen LogP contribution < -0.4 is 0 Å². The fourth-order valence-corrected chi connectivity index (χ4v) is 0.825. The van der Waals surface area contributed by atoms with Crippen LogP contribution in [0.3, 0.4) is 0 Å². The van der Waals surface area contributed by atoms with Crippen LogP contribution in [0.5, 0.6) is 0 Å². The molecule has 1 aliphatic rings. The summed E-state index contributed by atoms with van der Waals surface area (Å²) >= 11 is 0.449. The first-order chi connectivity index (χ1) is 3.93. The molecule has 1 unspecified atom stereocenters. The molecular formula is C4H7O3S+. The summed E-state index contributed by atoms with van der Waals surface area (Å²) in [5.41, 5.74) is -0.274. The van der Waals surface area contributed by atoms with Gasteiger partial charge in [-0.25, -0.2) is 0 Å². The summed E-state index contributed by atoms with van der Waals surface area (Å²) in [6.07, 6.45) is 0. The van der Waals surface area contributed by atoms with E-state index in [-0.39, 0.29) is 5.44 Å². The van der Waals surface area contributed by atoms with Crippen molar-refractivity contribution >= 4 is 11.7 Å². The molecule has 0 spiro atoms. The maximum absolute atomic E-state index is 10.00. The van der Waals surface area contributed by atoms with Crippen molar-refractivity contribution in [3.63, 3.8) is 0 Å². The molecule has 1 fully saturated rings. The minimum absolute atomic E-state index is 0.274. The maximum Gasteiger partial charge on any atom is 0.496 e. The van der Waals surface area contributed by atoms with Gasteiger partial charge in [0.25, 0.3) is 0 Å². The Labute approximate surface area is 51.5 Å². The van der Waals surface area contributed by atoms with Crippen LogP contribution in [0.1, 0.15) is 0 Å². The highest BCUT2D eigenvalue weighted by Crippen LogP contribution is 1.97. The van der Waals surface area contributed by atoms with Gasteiger partial charge >= 0.3 is 17.1 Å². The average Bonchev–Trinajstić information content (AvgIpc) is 1.90. The van der Waals surface area contributed by atoms with Crippen LogP contribution >= 0.6 is 0 Å². The van der Waals surface area contributed by atoms with Gasteiger partial charge in [0.2, 0.25) is 0 Å². The lowest BCUT2D eigenvalue weighted by molar-refractivity contribution is -0.0509. The average molecular weight is 135 g/mol. The Morgan fingerprint density at radius 3 is 2.75 bits per heavy atom. The lowest BCUT2D eigenvalue weighted by atomic mass is 10.6. The SMILES string of the molecule is O=[S+]C1COCCO1. The molecule has 3 nitrogen and oxygen atoms in total. The van der Waals surface area contributed by atoms with E-state index in [2.05, 4.69) is 0 Å². The molecule has 1 rings (SSSR count). The van der Waals surface area contributed by atoms with Crippen molar-refractivity contribution in [2.24, 2.45) is 0 Å². The van der Waals surface area contributed by atoms with E-state index in [1.54, 1.807) is 0 Å². The van der Waals surface area contributed by atoms with Crippen LogP contribution in [0.4, 0.5) is 0 Å². The predicted octanol–water partition coefficient (Wildman–Crippen LogP) is -0.213. The number of hydrogen-bond acceptors (Lipinski definition) is 3. The molecule has 0 aliphatic carbocycles. The van der Waals surface area contributed by atoms with Crippen LogP contribution in [0.15, 0.2) is 0 Å². The third-order valence-corrected chi connectivity index (χ3v) is 1.38. The third kappa shape index (κ3) is 1.47. The van der Waals surface area contributed by atoms with Crippen molar-refractivity contribution < 1.29 is 13.7 Å². The predicted molar refractivity (Wildman–Crippen MR) is 28.6 cm³/mol. The Kier molecular flexibility index (Phi) is 2.32. The summed E-state index contributed by atoms with van der Waals surface area (Å²) in [5, 5.41) is 0. The third-order valence-electron chi connectivity index (χ3n) is 0.893. The molecule has 1 saturated heterocycles. The van der Waals surface area contributed by atoms with Gasteiger partial charge in [-0.2, -0.15) is 0 Å². The largest absolute Gasteiger partial charge is 0.496 e. The van der Waals surface area contributed by atoms with Crippen molar-refractivity contribution in [1.29, 1.82) is 0 Å². The monoisotopic (exact) mass is 135 g/mol. The lowest BCUT2D eigenvalue weighted by Gasteiger charge is -2.09. The minimum Gasteiger partial charge on any atom is -0.370 e. The molecule has 1 aliphatic heterocycles. The zero-order chi connectivity index (χ0) is 5.82. The fourth-order valence-electron chi connectivity index (χ4n) is 0.522. The van der Waals surface area contributed by atoms with Crippen LogP contribution in [-0.4, -0.2) is 25.3 Å². The molecule has 0 amide bonds. The summed E-state index contributed by atoms with van der Waals surface area (Å²) in [6.45, 7) is 1.62. The van der Waals surface area contributed by atoms with Gasteiger partial charge < -0.3 is 9.47 Å². The van der Waals surface area contributed by atoms with Crippen molar-refractivity contribution in [2.45, 2.75) is 5.44 Å². The number of ether oxygens (including phenoxy) is 2. The van der Waals surface area contributed by atoms with E-state index in [1.165, 1.54) is 0 Å². The van der Waals surface area contributed by atoms with Crippen molar-refractivity contribution in [1.82, 2.24) is 0 Å². The molecule has 0 aromatic heterocycles. The first-order valence-corrected chi connectivity index (χ1v) is 3.22. The quantitative estimate of drug-likeness (QED) is 0.466. The molecule has 0 aromatic rings. The molecule has 1 heterocycles. The van der Waals surface area contributed by atoms with Crippen molar-refractivity contribution in [3.05, 3.63) is 0 Å². The molecule has 1 atom stereocenters. The Morgan fingerprint density at radius 1 is 1.50 bits per heavy atom. The molecule has 46 valence electrons. The fraction of sp³-hybridized carbons (Fsp3) is 1.00. The first kappa shape index (κ1) is 6.07. The topological polar surface area (TPSA) is 35.5 Å². The molecule has 0 N–H and O–H groups in total. The lowest BCUT2D eigenvalue weighted by Crippen LogP contribution is -2.27. The van der Waals surface area contributed by atoms with Crippen LogP contribution in [-0.2, 0) is 25.3 Å². The molecule has 8 heavy (non-hydrogen) atoms. The van der Waals surface area contributed by atoms with E-state index in [1.807, 2.05) is 0 Å². The van der Waals surface area contributed by atoms with Gasteiger partial charge in [-0.05, 0) is 0 Å². The summed E-state index contributed by atoms with van der Waals surface area (Å²) in [6, 6.07) is 0. The summed E-state index contributed by atoms with van der Waals surface area (Å²) in [5.74, 6) is 0. The first-order valence-electron chi connectivity index (χ1n) is 2.41. The van der Waals surface area contributed by atoms with Gasteiger partial charge in [0.1, 0.15) is 6.61 Å². The van der Waals surface area contributed by atoms with E-state index in [9.17, 15) is 4.21 Å². The normalized spacial score (nSPS) is 29.8. The summed E-state index contributed by atoms with van der Waals surface area (Å²) < 4.78 is 19.9. The maximum atomic E-state index is 10.00. The zero-order valence-electron chi connectivity index (χ0n) is 4.33. The van der Waals surface area contributed by atoms with E-state index >= 15 is 0 Å². The highest BCUT2D eigenvalue weighted by molar-refractivity contribution is 7.66. The Hall–Kier alpha value is -0.0600. The van der Waals surface area contributed by atoms with Crippen LogP contribution in [0.2, 0.25) is 0 Å². The second-order valence-corrected chi connectivity index (χ2v) is 2.19. The van der Waals surface area contributed by atoms with Crippen molar-refractivity contribution in [3.8, 4) is 0 Å². The van der Waals surface area contributed by atoms with E-state index in [4.69, 9.17) is 9.47 Å². The van der Waals surface area contributed by atoms with Gasteiger partial charge in [-0.1, -0.05) is 0 Å². The molecule has 0 aromatic carbocycles. The highest BCUT2D eigenvalue weighted by Gasteiger charge is 2.25. The molecule has 0 saturated carbocycles. The van der Waals surface area contributed by atoms with E-state index in [0.29, 0.717) is 31.5 Å². The Morgan fingerprint density at radius 2 is 2.38 bits per heavy atom. The van der Waals surface area contributed by atoms with Crippen molar-refractivity contribution in [2.75, 3.05) is 19.8 Å². The molecular weight excluding hydrogens is 128 g/mol. The Balaban J connectivity index is 2.22. The van der Waals surface area contributed by atoms with Gasteiger partial charge in [0.05, 0.1) is 13.2 Å². The molecule has 4 heteroatoms. The smallest absolute Gasteiger partial charge is 0.370 e. The van der Waals surface area contributed by atoms with Crippen LogP contribution in [0, 0.1) is 0 Å². The highest BCUT2D eigenvalue weighted by atomic mass is 32.1. The second kappa shape index (κ2) is 3.06. The zero-order valence-corrected chi connectivity index (χ0v) is 5.15. The second-order valence-electron chi connectivity index (χ2n) is 1.47. The van der Waals surface area contributed by atoms with E-state index < -0.39 is 0 Å².